The normalized spacial score (nSPS) is 11.3. The molecule has 0 aliphatic heterocycles. The van der Waals surface area contributed by atoms with Crippen molar-refractivity contribution in [2.45, 2.75) is 18.4 Å². The maximum Gasteiger partial charge on any atom is 0.243 e. The molecule has 0 unspecified atom stereocenters. The van der Waals surface area contributed by atoms with Gasteiger partial charge in [0.1, 0.15) is 17.3 Å². The van der Waals surface area contributed by atoms with E-state index >= 15 is 0 Å². The fourth-order valence-corrected chi connectivity index (χ4v) is 4.22. The molecule has 31 heavy (non-hydrogen) atoms. The quantitative estimate of drug-likeness (QED) is 0.514. The lowest BCUT2D eigenvalue weighted by atomic mass is 10.3. The van der Waals surface area contributed by atoms with Crippen LogP contribution in [0.5, 0.6) is 11.5 Å². The SMILES string of the molecule is CCOc1ccc(S(=O)(=O)N(CC(=O)Nc2ccc(OC)cc2)Cc2ccco2)cc1. The van der Waals surface area contributed by atoms with Gasteiger partial charge in [0.05, 0.1) is 38.0 Å². The first-order valence-corrected chi connectivity index (χ1v) is 11.1. The summed E-state index contributed by atoms with van der Waals surface area (Å²) in [5.41, 5.74) is 0.530. The van der Waals surface area contributed by atoms with Crippen LogP contribution in [-0.4, -0.2) is 38.9 Å². The number of rotatable bonds is 10. The highest BCUT2D eigenvalue weighted by atomic mass is 32.2. The predicted octanol–water partition coefficient (Wildman–Crippen LogP) is 3.52. The summed E-state index contributed by atoms with van der Waals surface area (Å²) in [6.07, 6.45) is 1.45. The van der Waals surface area contributed by atoms with E-state index in [1.165, 1.54) is 18.4 Å². The highest BCUT2D eigenvalue weighted by Gasteiger charge is 2.28. The van der Waals surface area contributed by atoms with Crippen LogP contribution in [0.25, 0.3) is 0 Å². The van der Waals surface area contributed by atoms with E-state index in [4.69, 9.17) is 13.9 Å². The van der Waals surface area contributed by atoms with Crippen molar-refractivity contribution >= 4 is 21.6 Å². The van der Waals surface area contributed by atoms with E-state index in [0.717, 1.165) is 4.31 Å². The number of nitrogens with one attached hydrogen (secondary N) is 1. The zero-order valence-corrected chi connectivity index (χ0v) is 18.1. The van der Waals surface area contributed by atoms with Crippen molar-refractivity contribution in [3.63, 3.8) is 0 Å². The number of ether oxygens (including phenoxy) is 2. The average Bonchev–Trinajstić information content (AvgIpc) is 3.28. The average molecular weight is 445 g/mol. The molecule has 0 saturated heterocycles. The molecular weight excluding hydrogens is 420 g/mol. The molecule has 164 valence electrons. The lowest BCUT2D eigenvalue weighted by molar-refractivity contribution is -0.116. The number of furan rings is 1. The predicted molar refractivity (Wildman–Crippen MR) is 116 cm³/mol. The van der Waals surface area contributed by atoms with Gasteiger partial charge in [0.25, 0.3) is 0 Å². The van der Waals surface area contributed by atoms with Crippen molar-refractivity contribution in [1.29, 1.82) is 0 Å². The molecule has 0 spiro atoms. The first-order valence-electron chi connectivity index (χ1n) is 9.61. The molecule has 8 nitrogen and oxygen atoms in total. The van der Waals surface area contributed by atoms with Crippen LogP contribution in [0.2, 0.25) is 0 Å². The summed E-state index contributed by atoms with van der Waals surface area (Å²) in [7, 11) is -2.42. The summed E-state index contributed by atoms with van der Waals surface area (Å²) >= 11 is 0. The van der Waals surface area contributed by atoms with Crippen molar-refractivity contribution in [1.82, 2.24) is 4.31 Å². The number of methoxy groups -OCH3 is 1. The Hall–Kier alpha value is -3.30. The number of amides is 1. The van der Waals surface area contributed by atoms with Crippen molar-refractivity contribution in [2.24, 2.45) is 0 Å². The minimum atomic E-state index is -3.97. The zero-order valence-electron chi connectivity index (χ0n) is 17.3. The van der Waals surface area contributed by atoms with Crippen LogP contribution in [-0.2, 0) is 21.4 Å². The Morgan fingerprint density at radius 1 is 1.03 bits per heavy atom. The number of nitrogens with zero attached hydrogens (tertiary/aromatic N) is 1. The van der Waals surface area contributed by atoms with Crippen molar-refractivity contribution in [2.75, 3.05) is 25.6 Å². The summed E-state index contributed by atoms with van der Waals surface area (Å²) in [4.78, 5) is 12.7. The van der Waals surface area contributed by atoms with Gasteiger partial charge in [0, 0.05) is 5.69 Å². The van der Waals surface area contributed by atoms with Gasteiger partial charge in [-0.2, -0.15) is 4.31 Å². The van der Waals surface area contributed by atoms with E-state index in [2.05, 4.69) is 5.32 Å². The molecule has 0 aliphatic rings. The summed E-state index contributed by atoms with van der Waals surface area (Å²) in [5, 5.41) is 2.70. The minimum Gasteiger partial charge on any atom is -0.497 e. The summed E-state index contributed by atoms with van der Waals surface area (Å²) < 4.78 is 43.3. The van der Waals surface area contributed by atoms with E-state index in [-0.39, 0.29) is 18.0 Å². The molecule has 0 atom stereocenters. The molecule has 0 saturated carbocycles. The zero-order chi connectivity index (χ0) is 22.3. The molecule has 1 heterocycles. The molecule has 0 bridgehead atoms. The number of hydrogen-bond acceptors (Lipinski definition) is 6. The maximum atomic E-state index is 13.2. The van der Waals surface area contributed by atoms with Crippen LogP contribution < -0.4 is 14.8 Å². The van der Waals surface area contributed by atoms with Crippen molar-refractivity contribution < 1.29 is 27.1 Å². The van der Waals surface area contributed by atoms with E-state index in [1.54, 1.807) is 55.6 Å². The molecule has 0 fully saturated rings. The highest BCUT2D eigenvalue weighted by Crippen LogP contribution is 2.22. The van der Waals surface area contributed by atoms with Gasteiger partial charge in [-0.1, -0.05) is 0 Å². The second kappa shape index (κ2) is 10.1. The topological polar surface area (TPSA) is 98.1 Å². The number of hydrogen-bond donors (Lipinski definition) is 1. The van der Waals surface area contributed by atoms with Gasteiger partial charge in [-0.25, -0.2) is 8.42 Å². The summed E-state index contributed by atoms with van der Waals surface area (Å²) in [6.45, 7) is 1.85. The highest BCUT2D eigenvalue weighted by molar-refractivity contribution is 7.89. The second-order valence-electron chi connectivity index (χ2n) is 6.53. The van der Waals surface area contributed by atoms with Gasteiger partial charge >= 0.3 is 0 Å². The number of anilines is 1. The van der Waals surface area contributed by atoms with Gasteiger partial charge in [-0.3, -0.25) is 4.79 Å². The standard InChI is InChI=1S/C22H24N2O6S/c1-3-29-19-10-12-21(13-11-19)31(26,27)24(15-20-5-4-14-30-20)16-22(25)23-17-6-8-18(28-2)9-7-17/h4-14H,3,15-16H2,1-2H3,(H,23,25). The Morgan fingerprint density at radius 3 is 2.29 bits per heavy atom. The first-order chi connectivity index (χ1) is 14.9. The Kier molecular flexibility index (Phi) is 7.32. The van der Waals surface area contributed by atoms with E-state index < -0.39 is 15.9 Å². The van der Waals surface area contributed by atoms with Crippen LogP contribution in [0, 0.1) is 0 Å². The van der Waals surface area contributed by atoms with Crippen LogP contribution in [0.4, 0.5) is 5.69 Å². The molecule has 1 aromatic heterocycles. The fourth-order valence-electron chi connectivity index (χ4n) is 2.86. The molecule has 9 heteroatoms. The van der Waals surface area contributed by atoms with Gasteiger partial charge in [-0.05, 0) is 67.6 Å². The van der Waals surface area contributed by atoms with Gasteiger partial charge in [0.2, 0.25) is 15.9 Å². The molecular formula is C22H24N2O6S. The maximum absolute atomic E-state index is 13.2. The van der Waals surface area contributed by atoms with Crippen LogP contribution in [0.15, 0.2) is 76.2 Å². The molecule has 0 radical (unpaired) electrons. The van der Waals surface area contributed by atoms with E-state index in [0.29, 0.717) is 29.6 Å². The number of carbonyl (C=O) groups excluding carboxylic acids is 1. The van der Waals surface area contributed by atoms with Crippen molar-refractivity contribution in [3.8, 4) is 11.5 Å². The Morgan fingerprint density at radius 2 is 1.71 bits per heavy atom. The molecule has 3 aromatic rings. The molecule has 2 aromatic carbocycles. The molecule has 1 amide bonds. The Bertz CT molecular complexity index is 1080. The van der Waals surface area contributed by atoms with E-state index in [1.807, 2.05) is 6.92 Å². The minimum absolute atomic E-state index is 0.0553. The Balaban J connectivity index is 1.80. The third kappa shape index (κ3) is 5.87. The fraction of sp³-hybridized carbons (Fsp3) is 0.227. The first kappa shape index (κ1) is 22.4. The third-order valence-electron chi connectivity index (χ3n) is 4.38. The largest absolute Gasteiger partial charge is 0.497 e. The van der Waals surface area contributed by atoms with Crippen LogP contribution in [0.3, 0.4) is 0 Å². The molecule has 1 N–H and O–H groups in total. The summed E-state index contributed by atoms with van der Waals surface area (Å²) in [6, 6.07) is 16.1. The molecule has 0 aliphatic carbocycles. The van der Waals surface area contributed by atoms with Gasteiger partial charge in [-0.15, -0.1) is 0 Å². The number of benzene rings is 2. The monoisotopic (exact) mass is 444 g/mol. The van der Waals surface area contributed by atoms with Crippen LogP contribution >= 0.6 is 0 Å². The van der Waals surface area contributed by atoms with Gasteiger partial charge < -0.3 is 19.2 Å². The van der Waals surface area contributed by atoms with Crippen molar-refractivity contribution in [3.05, 3.63) is 72.7 Å². The lowest BCUT2D eigenvalue weighted by Crippen LogP contribution is -2.37. The lowest BCUT2D eigenvalue weighted by Gasteiger charge is -2.21. The van der Waals surface area contributed by atoms with Gasteiger partial charge in [0.15, 0.2) is 0 Å². The second-order valence-corrected chi connectivity index (χ2v) is 8.47. The number of sulfonamides is 1. The molecule has 3 rings (SSSR count). The van der Waals surface area contributed by atoms with E-state index in [9.17, 15) is 13.2 Å². The number of carbonyl (C=O) groups is 1. The van der Waals surface area contributed by atoms with Crippen LogP contribution in [0.1, 0.15) is 12.7 Å². The summed E-state index contributed by atoms with van der Waals surface area (Å²) in [5.74, 6) is 1.16. The Labute approximate surface area is 181 Å². The third-order valence-corrected chi connectivity index (χ3v) is 6.18. The smallest absolute Gasteiger partial charge is 0.243 e.